The number of likely N-dealkylation sites (tertiary alicyclic amines) is 1. The van der Waals surface area contributed by atoms with E-state index in [1.807, 2.05) is 4.90 Å². The molecule has 0 aromatic heterocycles. The van der Waals surface area contributed by atoms with Crippen molar-refractivity contribution in [3.63, 3.8) is 0 Å². The van der Waals surface area contributed by atoms with E-state index in [-0.39, 0.29) is 5.91 Å². The van der Waals surface area contributed by atoms with Crippen LogP contribution in [0, 0.1) is 5.92 Å². The summed E-state index contributed by atoms with van der Waals surface area (Å²) in [6.07, 6.45) is 2.10. The number of carbonyl (C=O) groups excluding carboxylic acids is 1. The quantitative estimate of drug-likeness (QED) is 0.866. The first-order valence-electron chi connectivity index (χ1n) is 6.45. The molecule has 1 heterocycles. The maximum Gasteiger partial charge on any atom is 0.255 e. The van der Waals surface area contributed by atoms with Crippen molar-refractivity contribution in [1.29, 1.82) is 0 Å². The molecule has 1 fully saturated rings. The van der Waals surface area contributed by atoms with Crippen LogP contribution in [0.3, 0.4) is 0 Å². The molecular formula is C14H19ClN2O2. The summed E-state index contributed by atoms with van der Waals surface area (Å²) in [7, 11) is 1.69. The zero-order chi connectivity index (χ0) is 13.8. The van der Waals surface area contributed by atoms with Crippen molar-refractivity contribution in [2.75, 3.05) is 32.5 Å². The number of halogens is 1. The molecule has 2 N–H and O–H groups in total. The molecule has 5 heteroatoms. The predicted molar refractivity (Wildman–Crippen MR) is 76.4 cm³/mol. The van der Waals surface area contributed by atoms with E-state index in [1.165, 1.54) is 0 Å². The normalized spacial score (nSPS) is 19.5. The van der Waals surface area contributed by atoms with Gasteiger partial charge in [0.1, 0.15) is 0 Å². The van der Waals surface area contributed by atoms with Gasteiger partial charge in [0.2, 0.25) is 0 Å². The topological polar surface area (TPSA) is 55.6 Å². The summed E-state index contributed by atoms with van der Waals surface area (Å²) in [5.41, 5.74) is 6.76. The van der Waals surface area contributed by atoms with Crippen LogP contribution >= 0.6 is 11.6 Å². The first kappa shape index (κ1) is 14.2. The van der Waals surface area contributed by atoms with Crippen LogP contribution in [0.2, 0.25) is 5.02 Å². The van der Waals surface area contributed by atoms with E-state index in [0.29, 0.717) is 28.8 Å². The van der Waals surface area contributed by atoms with Gasteiger partial charge in [-0.2, -0.15) is 0 Å². The Morgan fingerprint density at radius 3 is 3.11 bits per heavy atom. The first-order valence-corrected chi connectivity index (χ1v) is 6.83. The molecule has 0 saturated carbocycles. The summed E-state index contributed by atoms with van der Waals surface area (Å²) in [6.45, 7) is 2.18. The Morgan fingerprint density at radius 1 is 1.58 bits per heavy atom. The SMILES string of the molecule is COCC1CCCN(C(=O)c2cc(N)ccc2Cl)C1. The zero-order valence-electron chi connectivity index (χ0n) is 11.1. The van der Waals surface area contributed by atoms with Crippen molar-refractivity contribution in [2.24, 2.45) is 5.92 Å². The highest BCUT2D eigenvalue weighted by molar-refractivity contribution is 6.34. The van der Waals surface area contributed by atoms with E-state index in [4.69, 9.17) is 22.1 Å². The minimum absolute atomic E-state index is 0.0434. The summed E-state index contributed by atoms with van der Waals surface area (Å²) in [6, 6.07) is 5.01. The Hall–Kier alpha value is -1.26. The predicted octanol–water partition coefficient (Wildman–Crippen LogP) is 2.42. The molecule has 0 radical (unpaired) electrons. The summed E-state index contributed by atoms with van der Waals surface area (Å²) in [5.74, 6) is 0.362. The second kappa shape index (κ2) is 6.26. The number of anilines is 1. The van der Waals surface area contributed by atoms with Crippen molar-refractivity contribution < 1.29 is 9.53 Å². The minimum atomic E-state index is -0.0434. The van der Waals surface area contributed by atoms with Gasteiger partial charge in [-0.15, -0.1) is 0 Å². The second-order valence-corrected chi connectivity index (χ2v) is 5.36. The smallest absolute Gasteiger partial charge is 0.255 e. The van der Waals surface area contributed by atoms with Gasteiger partial charge in [0, 0.05) is 25.9 Å². The van der Waals surface area contributed by atoms with Gasteiger partial charge in [0.05, 0.1) is 17.2 Å². The number of carbonyl (C=O) groups is 1. The van der Waals surface area contributed by atoms with Crippen LogP contribution in [-0.4, -0.2) is 37.6 Å². The van der Waals surface area contributed by atoms with Crippen LogP contribution in [0.25, 0.3) is 0 Å². The molecule has 1 amide bonds. The van der Waals surface area contributed by atoms with E-state index in [0.717, 1.165) is 25.9 Å². The number of amides is 1. The number of methoxy groups -OCH3 is 1. The molecule has 0 aliphatic carbocycles. The molecule has 1 aliphatic heterocycles. The average molecular weight is 283 g/mol. The fourth-order valence-corrected chi connectivity index (χ4v) is 2.70. The van der Waals surface area contributed by atoms with Crippen molar-refractivity contribution in [3.05, 3.63) is 28.8 Å². The number of nitrogens with two attached hydrogens (primary N) is 1. The molecule has 1 aliphatic rings. The third kappa shape index (κ3) is 3.39. The fraction of sp³-hybridized carbons (Fsp3) is 0.500. The van der Waals surface area contributed by atoms with Gasteiger partial charge in [-0.1, -0.05) is 11.6 Å². The molecule has 19 heavy (non-hydrogen) atoms. The Balaban J connectivity index is 2.12. The zero-order valence-corrected chi connectivity index (χ0v) is 11.8. The van der Waals surface area contributed by atoms with Gasteiger partial charge >= 0.3 is 0 Å². The van der Waals surface area contributed by atoms with Crippen LogP contribution in [0.5, 0.6) is 0 Å². The van der Waals surface area contributed by atoms with Gasteiger partial charge in [-0.05, 0) is 37.0 Å². The van der Waals surface area contributed by atoms with Crippen LogP contribution in [0.4, 0.5) is 5.69 Å². The third-order valence-corrected chi connectivity index (χ3v) is 3.76. The molecule has 1 aromatic carbocycles. The summed E-state index contributed by atoms with van der Waals surface area (Å²) >= 11 is 6.08. The van der Waals surface area contributed by atoms with Gasteiger partial charge in [-0.3, -0.25) is 4.79 Å². The fourth-order valence-electron chi connectivity index (χ4n) is 2.50. The average Bonchev–Trinajstić information content (AvgIpc) is 2.41. The molecule has 1 unspecified atom stereocenters. The number of rotatable bonds is 3. The Bertz CT molecular complexity index is 463. The van der Waals surface area contributed by atoms with Crippen molar-refractivity contribution in [1.82, 2.24) is 4.90 Å². The molecule has 2 rings (SSSR count). The highest BCUT2D eigenvalue weighted by Gasteiger charge is 2.25. The lowest BCUT2D eigenvalue weighted by Gasteiger charge is -2.32. The van der Waals surface area contributed by atoms with Crippen LogP contribution < -0.4 is 5.73 Å². The lowest BCUT2D eigenvalue weighted by atomic mass is 9.98. The summed E-state index contributed by atoms with van der Waals surface area (Å²) in [4.78, 5) is 14.3. The van der Waals surface area contributed by atoms with E-state index in [2.05, 4.69) is 0 Å². The lowest BCUT2D eigenvalue weighted by Crippen LogP contribution is -2.41. The van der Waals surface area contributed by atoms with Crippen molar-refractivity contribution in [2.45, 2.75) is 12.8 Å². The van der Waals surface area contributed by atoms with Gasteiger partial charge in [-0.25, -0.2) is 0 Å². The van der Waals surface area contributed by atoms with Crippen molar-refractivity contribution in [3.8, 4) is 0 Å². The standard InChI is InChI=1S/C14H19ClN2O2/c1-19-9-10-3-2-6-17(8-10)14(18)12-7-11(16)4-5-13(12)15/h4-5,7,10H,2-3,6,8-9,16H2,1H3. The molecule has 0 spiro atoms. The summed E-state index contributed by atoms with van der Waals surface area (Å²) < 4.78 is 5.17. The van der Waals surface area contributed by atoms with E-state index in [9.17, 15) is 4.79 Å². The summed E-state index contributed by atoms with van der Waals surface area (Å²) in [5, 5.41) is 0.452. The van der Waals surface area contributed by atoms with E-state index < -0.39 is 0 Å². The molecule has 1 aromatic rings. The highest BCUT2D eigenvalue weighted by Crippen LogP contribution is 2.24. The van der Waals surface area contributed by atoms with Crippen LogP contribution in [-0.2, 0) is 4.74 Å². The molecular weight excluding hydrogens is 264 g/mol. The maximum atomic E-state index is 12.5. The molecule has 4 nitrogen and oxygen atoms in total. The van der Waals surface area contributed by atoms with Gasteiger partial charge in [0.15, 0.2) is 0 Å². The Labute approximate surface area is 118 Å². The molecule has 1 atom stereocenters. The second-order valence-electron chi connectivity index (χ2n) is 4.95. The maximum absolute atomic E-state index is 12.5. The van der Waals surface area contributed by atoms with E-state index >= 15 is 0 Å². The number of nitrogens with zero attached hydrogens (tertiary/aromatic N) is 1. The third-order valence-electron chi connectivity index (χ3n) is 3.43. The number of benzene rings is 1. The largest absolute Gasteiger partial charge is 0.399 e. The number of hydrogen-bond donors (Lipinski definition) is 1. The highest BCUT2D eigenvalue weighted by atomic mass is 35.5. The van der Waals surface area contributed by atoms with Crippen LogP contribution in [0.1, 0.15) is 23.2 Å². The van der Waals surface area contributed by atoms with Crippen molar-refractivity contribution >= 4 is 23.2 Å². The lowest BCUT2D eigenvalue weighted by molar-refractivity contribution is 0.0571. The van der Waals surface area contributed by atoms with Gasteiger partial charge < -0.3 is 15.4 Å². The number of ether oxygens (including phenoxy) is 1. The molecule has 1 saturated heterocycles. The number of hydrogen-bond acceptors (Lipinski definition) is 3. The Kier molecular flexibility index (Phi) is 4.66. The van der Waals surface area contributed by atoms with E-state index in [1.54, 1.807) is 25.3 Å². The molecule has 104 valence electrons. The molecule has 0 bridgehead atoms. The van der Waals surface area contributed by atoms with Gasteiger partial charge in [0.25, 0.3) is 5.91 Å². The minimum Gasteiger partial charge on any atom is -0.399 e. The monoisotopic (exact) mass is 282 g/mol. The number of piperidine rings is 1. The first-order chi connectivity index (χ1) is 9.11. The van der Waals surface area contributed by atoms with Crippen LogP contribution in [0.15, 0.2) is 18.2 Å². The number of nitrogen functional groups attached to an aromatic ring is 1. The Morgan fingerprint density at radius 2 is 2.37 bits per heavy atom.